The number of likely N-dealkylation sites (N-methyl/N-ethyl adjacent to an activating group) is 1. The van der Waals surface area contributed by atoms with Gasteiger partial charge in [0.15, 0.2) is 0 Å². The molecular weight excluding hydrogens is 330 g/mol. The second-order valence-corrected chi connectivity index (χ2v) is 5.81. The third-order valence-corrected chi connectivity index (χ3v) is 4.02. The molecule has 0 bridgehead atoms. The number of anilines is 1. The number of benzene rings is 2. The van der Waals surface area contributed by atoms with Gasteiger partial charge in [-0.1, -0.05) is 36.4 Å². The van der Waals surface area contributed by atoms with Crippen molar-refractivity contribution in [2.24, 2.45) is 0 Å². The van der Waals surface area contributed by atoms with E-state index in [0.717, 1.165) is 10.9 Å². The average molecular weight is 349 g/mol. The van der Waals surface area contributed by atoms with E-state index in [0.29, 0.717) is 17.0 Å². The number of para-hydroxylation sites is 2. The minimum absolute atomic E-state index is 0.268. The second-order valence-electron chi connectivity index (χ2n) is 5.81. The minimum Gasteiger partial charge on any atom is -0.496 e. The first-order valence-corrected chi connectivity index (χ1v) is 8.12. The SMILES string of the molecule is COc1ccccc1CN(C)C(=O)C(=O)Nc1cccc2cccnc12. The highest BCUT2D eigenvalue weighted by Gasteiger charge is 2.20. The van der Waals surface area contributed by atoms with Crippen LogP contribution in [-0.4, -0.2) is 35.9 Å². The lowest BCUT2D eigenvalue weighted by molar-refractivity contribution is -0.142. The summed E-state index contributed by atoms with van der Waals surface area (Å²) in [6.07, 6.45) is 1.65. The Balaban J connectivity index is 1.74. The number of nitrogens with zero attached hydrogens (tertiary/aromatic N) is 2. The predicted molar refractivity (Wildman–Crippen MR) is 99.8 cm³/mol. The minimum atomic E-state index is -0.708. The number of fused-ring (bicyclic) bond motifs is 1. The molecule has 0 saturated heterocycles. The molecule has 1 heterocycles. The third-order valence-electron chi connectivity index (χ3n) is 4.02. The lowest BCUT2D eigenvalue weighted by atomic mass is 10.2. The molecule has 0 unspecified atom stereocenters. The fourth-order valence-corrected chi connectivity index (χ4v) is 2.72. The standard InChI is InChI=1S/C20H19N3O3/c1-23(13-15-7-3-4-11-17(15)26-2)20(25)19(24)22-16-10-5-8-14-9-6-12-21-18(14)16/h3-12H,13H2,1-2H3,(H,22,24). The molecule has 0 spiro atoms. The van der Waals surface area contributed by atoms with Gasteiger partial charge in [0, 0.05) is 30.7 Å². The molecule has 0 aliphatic carbocycles. The van der Waals surface area contributed by atoms with Crippen LogP contribution in [0.5, 0.6) is 5.75 Å². The maximum absolute atomic E-state index is 12.4. The monoisotopic (exact) mass is 349 g/mol. The smallest absolute Gasteiger partial charge is 0.313 e. The molecule has 0 saturated carbocycles. The quantitative estimate of drug-likeness (QED) is 0.735. The number of methoxy groups -OCH3 is 1. The van der Waals surface area contributed by atoms with Crippen molar-refractivity contribution in [2.45, 2.75) is 6.54 Å². The number of ether oxygens (including phenoxy) is 1. The van der Waals surface area contributed by atoms with Gasteiger partial charge in [-0.3, -0.25) is 14.6 Å². The van der Waals surface area contributed by atoms with Crippen molar-refractivity contribution < 1.29 is 14.3 Å². The van der Waals surface area contributed by atoms with Gasteiger partial charge in [-0.25, -0.2) is 0 Å². The van der Waals surface area contributed by atoms with Crippen LogP contribution < -0.4 is 10.1 Å². The molecule has 6 heteroatoms. The Hall–Kier alpha value is -3.41. The number of pyridine rings is 1. The van der Waals surface area contributed by atoms with Crippen LogP contribution in [0.2, 0.25) is 0 Å². The second kappa shape index (κ2) is 7.65. The van der Waals surface area contributed by atoms with E-state index in [1.54, 1.807) is 26.4 Å². The van der Waals surface area contributed by atoms with Gasteiger partial charge in [-0.15, -0.1) is 0 Å². The van der Waals surface area contributed by atoms with E-state index >= 15 is 0 Å². The third kappa shape index (κ3) is 3.64. The molecule has 1 aromatic heterocycles. The number of carbonyl (C=O) groups excluding carboxylic acids is 2. The Morgan fingerprint density at radius 3 is 2.65 bits per heavy atom. The summed E-state index contributed by atoms with van der Waals surface area (Å²) in [5.41, 5.74) is 1.97. The zero-order valence-electron chi connectivity index (χ0n) is 14.6. The van der Waals surface area contributed by atoms with E-state index in [-0.39, 0.29) is 6.54 Å². The molecule has 0 fully saturated rings. The van der Waals surface area contributed by atoms with Gasteiger partial charge >= 0.3 is 11.8 Å². The largest absolute Gasteiger partial charge is 0.496 e. The molecule has 3 aromatic rings. The molecule has 6 nitrogen and oxygen atoms in total. The molecule has 132 valence electrons. The maximum atomic E-state index is 12.4. The molecule has 2 amide bonds. The summed E-state index contributed by atoms with van der Waals surface area (Å²) < 4.78 is 5.28. The summed E-state index contributed by atoms with van der Waals surface area (Å²) in [6.45, 7) is 0.268. The highest BCUT2D eigenvalue weighted by molar-refractivity contribution is 6.40. The van der Waals surface area contributed by atoms with Crippen molar-refractivity contribution >= 4 is 28.4 Å². The fraction of sp³-hybridized carbons (Fsp3) is 0.150. The van der Waals surface area contributed by atoms with Gasteiger partial charge in [0.1, 0.15) is 5.75 Å². The molecular formula is C20H19N3O3. The van der Waals surface area contributed by atoms with E-state index < -0.39 is 11.8 Å². The van der Waals surface area contributed by atoms with Gasteiger partial charge in [0.2, 0.25) is 0 Å². The zero-order valence-corrected chi connectivity index (χ0v) is 14.6. The summed E-state index contributed by atoms with van der Waals surface area (Å²) in [6, 6.07) is 16.5. The molecule has 0 aliphatic rings. The lowest BCUT2D eigenvalue weighted by Crippen LogP contribution is -2.36. The van der Waals surface area contributed by atoms with Crippen LogP contribution in [0.3, 0.4) is 0 Å². The Morgan fingerprint density at radius 1 is 1.08 bits per heavy atom. The van der Waals surface area contributed by atoms with Crippen LogP contribution in [0, 0.1) is 0 Å². The Kier molecular flexibility index (Phi) is 5.12. The highest BCUT2D eigenvalue weighted by Crippen LogP contribution is 2.21. The summed E-state index contributed by atoms with van der Waals surface area (Å²) in [5, 5.41) is 3.55. The molecule has 1 N–H and O–H groups in total. The first kappa shape index (κ1) is 17.4. The number of aromatic nitrogens is 1. The van der Waals surface area contributed by atoms with Crippen LogP contribution in [0.4, 0.5) is 5.69 Å². The topological polar surface area (TPSA) is 71.5 Å². The molecule has 26 heavy (non-hydrogen) atoms. The van der Waals surface area contributed by atoms with Crippen molar-refractivity contribution in [1.29, 1.82) is 0 Å². The summed E-state index contributed by atoms with van der Waals surface area (Å²) in [5.74, 6) is -0.671. The number of hydrogen-bond donors (Lipinski definition) is 1. The Labute approximate surface area is 151 Å². The molecule has 0 aliphatic heterocycles. The molecule has 0 atom stereocenters. The van der Waals surface area contributed by atoms with Crippen molar-refractivity contribution in [1.82, 2.24) is 9.88 Å². The number of rotatable bonds is 4. The first-order chi connectivity index (χ1) is 12.6. The van der Waals surface area contributed by atoms with Gasteiger partial charge in [-0.05, 0) is 18.2 Å². The predicted octanol–water partition coefficient (Wildman–Crippen LogP) is 2.84. The number of nitrogens with one attached hydrogen (secondary N) is 1. The lowest BCUT2D eigenvalue weighted by Gasteiger charge is -2.18. The zero-order chi connectivity index (χ0) is 18.5. The number of amides is 2. The van der Waals surface area contributed by atoms with Crippen LogP contribution in [0.1, 0.15) is 5.56 Å². The van der Waals surface area contributed by atoms with E-state index in [1.807, 2.05) is 48.5 Å². The summed E-state index contributed by atoms with van der Waals surface area (Å²) in [7, 11) is 3.15. The Bertz CT molecular complexity index is 950. The van der Waals surface area contributed by atoms with Crippen molar-refractivity contribution in [3.05, 3.63) is 66.4 Å². The van der Waals surface area contributed by atoms with Gasteiger partial charge in [0.25, 0.3) is 0 Å². The first-order valence-electron chi connectivity index (χ1n) is 8.12. The van der Waals surface area contributed by atoms with Crippen molar-refractivity contribution in [3.63, 3.8) is 0 Å². The fourth-order valence-electron chi connectivity index (χ4n) is 2.72. The number of hydrogen-bond acceptors (Lipinski definition) is 4. The van der Waals surface area contributed by atoms with Gasteiger partial charge in [0.05, 0.1) is 18.3 Å². The maximum Gasteiger partial charge on any atom is 0.313 e. The molecule has 3 rings (SSSR count). The summed E-state index contributed by atoms with van der Waals surface area (Å²) in [4.78, 5) is 30.4. The van der Waals surface area contributed by atoms with E-state index in [2.05, 4.69) is 10.3 Å². The normalized spacial score (nSPS) is 10.4. The molecule has 0 radical (unpaired) electrons. The average Bonchev–Trinajstić information content (AvgIpc) is 2.68. The van der Waals surface area contributed by atoms with E-state index in [9.17, 15) is 9.59 Å². The van der Waals surface area contributed by atoms with Crippen LogP contribution in [-0.2, 0) is 16.1 Å². The molecule has 2 aromatic carbocycles. The van der Waals surface area contributed by atoms with E-state index in [1.165, 1.54) is 4.90 Å². The van der Waals surface area contributed by atoms with Gasteiger partial charge < -0.3 is 15.0 Å². The van der Waals surface area contributed by atoms with E-state index in [4.69, 9.17) is 4.74 Å². The Morgan fingerprint density at radius 2 is 1.85 bits per heavy atom. The van der Waals surface area contributed by atoms with Crippen molar-refractivity contribution in [2.75, 3.05) is 19.5 Å². The van der Waals surface area contributed by atoms with Crippen molar-refractivity contribution in [3.8, 4) is 5.75 Å². The van der Waals surface area contributed by atoms with Crippen LogP contribution in [0.25, 0.3) is 10.9 Å². The highest BCUT2D eigenvalue weighted by atomic mass is 16.5. The van der Waals surface area contributed by atoms with Crippen LogP contribution in [0.15, 0.2) is 60.8 Å². The summed E-state index contributed by atoms with van der Waals surface area (Å²) >= 11 is 0. The number of carbonyl (C=O) groups is 2. The van der Waals surface area contributed by atoms with Gasteiger partial charge in [-0.2, -0.15) is 0 Å². The van der Waals surface area contributed by atoms with Crippen LogP contribution >= 0.6 is 0 Å².